The minimum Gasteiger partial charge on any atom is -0.382 e. The van der Waals surface area contributed by atoms with E-state index in [4.69, 9.17) is 4.74 Å². The van der Waals surface area contributed by atoms with Crippen molar-refractivity contribution in [3.8, 4) is 0 Å². The van der Waals surface area contributed by atoms with Gasteiger partial charge in [-0.2, -0.15) is 0 Å². The number of rotatable bonds is 4. The van der Waals surface area contributed by atoms with E-state index < -0.39 is 0 Å². The van der Waals surface area contributed by atoms with Gasteiger partial charge in [-0.1, -0.05) is 13.1 Å². The smallest absolute Gasteiger partial charge is 0.0439 e. The van der Waals surface area contributed by atoms with Crippen molar-refractivity contribution < 1.29 is 4.74 Å². The lowest BCUT2D eigenvalue weighted by molar-refractivity contribution is 0.161. The third-order valence-corrected chi connectivity index (χ3v) is 2.43. The predicted molar refractivity (Wildman–Crippen MR) is 40.2 cm³/mol. The number of ether oxygens (including phenoxy) is 1. The summed E-state index contributed by atoms with van der Waals surface area (Å²) in [4.78, 5) is 0. The van der Waals surface area contributed by atoms with Crippen molar-refractivity contribution in [1.29, 1.82) is 0 Å². The average Bonchev–Trinajstić information content (AvgIpc) is 1.66. The molecule has 0 bridgehead atoms. The van der Waals surface area contributed by atoms with E-state index in [1.807, 2.05) is 6.92 Å². The predicted octanol–water partition coefficient (Wildman–Crippen LogP) is 1.51. The Kier molecular flexibility index (Phi) is 5.43. The minimum absolute atomic E-state index is 0.327. The van der Waals surface area contributed by atoms with Crippen LogP contribution in [0.1, 0.15) is 6.92 Å². The molecule has 1 nitrogen and oxygen atoms in total. The summed E-state index contributed by atoms with van der Waals surface area (Å²) in [6.45, 7) is 8.60. The van der Waals surface area contributed by atoms with Crippen LogP contribution < -0.4 is 0 Å². The lowest BCUT2D eigenvalue weighted by Gasteiger charge is -2.01. The molecular weight excluding hydrogens is 116 g/mol. The van der Waals surface area contributed by atoms with E-state index >= 15 is 0 Å². The van der Waals surface area contributed by atoms with Crippen molar-refractivity contribution in [3.05, 3.63) is 0 Å². The first-order valence-corrected chi connectivity index (χ1v) is 6.47. The van der Waals surface area contributed by atoms with Crippen LogP contribution in [-0.4, -0.2) is 22.0 Å². The molecule has 0 amide bonds. The van der Waals surface area contributed by atoms with E-state index in [-0.39, 0.29) is 8.80 Å². The van der Waals surface area contributed by atoms with Crippen LogP contribution in [0.5, 0.6) is 0 Å². The van der Waals surface area contributed by atoms with Crippen LogP contribution in [0.25, 0.3) is 0 Å². The van der Waals surface area contributed by atoms with Gasteiger partial charge in [0, 0.05) is 22.0 Å². The molecule has 0 aliphatic heterocycles. The molecule has 0 atom stereocenters. The van der Waals surface area contributed by atoms with Crippen molar-refractivity contribution >= 4 is 8.80 Å². The Morgan fingerprint density at radius 1 is 1.38 bits per heavy atom. The van der Waals surface area contributed by atoms with Gasteiger partial charge >= 0.3 is 0 Å². The summed E-state index contributed by atoms with van der Waals surface area (Å²) in [6, 6.07) is 1.33. The van der Waals surface area contributed by atoms with Gasteiger partial charge in [0.25, 0.3) is 0 Å². The molecule has 0 fully saturated rings. The number of hydrogen-bond acceptors (Lipinski definition) is 1. The van der Waals surface area contributed by atoms with E-state index in [0.29, 0.717) is 0 Å². The normalized spacial score (nSPS) is 10.5. The fourth-order valence-electron chi connectivity index (χ4n) is 0.463. The van der Waals surface area contributed by atoms with Gasteiger partial charge in [0.2, 0.25) is 0 Å². The van der Waals surface area contributed by atoms with Crippen LogP contribution in [0.3, 0.4) is 0 Å². The highest BCUT2D eigenvalue weighted by molar-refractivity contribution is 6.55. The minimum atomic E-state index is -0.327. The molecule has 2 heteroatoms. The molecule has 0 aliphatic rings. The quantitative estimate of drug-likeness (QED) is 0.416. The summed E-state index contributed by atoms with van der Waals surface area (Å²) in [5, 5.41) is 0. The Balaban J connectivity index is 2.72. The van der Waals surface area contributed by atoms with Crippen LogP contribution in [0, 0.1) is 0 Å². The van der Waals surface area contributed by atoms with Gasteiger partial charge in [0.05, 0.1) is 0 Å². The Bertz CT molecular complexity index is 45.8. The van der Waals surface area contributed by atoms with Gasteiger partial charge in [0.1, 0.15) is 0 Å². The first-order chi connectivity index (χ1) is 3.77. The maximum absolute atomic E-state index is 5.18. The van der Waals surface area contributed by atoms with Crippen LogP contribution in [0.4, 0.5) is 0 Å². The molecule has 0 rings (SSSR count). The first-order valence-electron chi connectivity index (χ1n) is 3.35. The van der Waals surface area contributed by atoms with Gasteiger partial charge < -0.3 is 4.74 Å². The van der Waals surface area contributed by atoms with Gasteiger partial charge in [-0.15, -0.1) is 0 Å². The van der Waals surface area contributed by atoms with Crippen LogP contribution >= 0.6 is 0 Å². The maximum atomic E-state index is 5.18. The second-order valence-corrected chi connectivity index (χ2v) is 5.74. The van der Waals surface area contributed by atoms with Crippen LogP contribution in [0.2, 0.25) is 19.1 Å². The first kappa shape index (κ1) is 8.18. The van der Waals surface area contributed by atoms with Crippen LogP contribution in [-0.2, 0) is 4.74 Å². The van der Waals surface area contributed by atoms with Crippen molar-refractivity contribution in [2.45, 2.75) is 26.1 Å². The van der Waals surface area contributed by atoms with Crippen molar-refractivity contribution in [3.63, 3.8) is 0 Å². The molecule has 0 saturated heterocycles. The summed E-state index contributed by atoms with van der Waals surface area (Å²) in [7, 11) is -0.327. The van der Waals surface area contributed by atoms with E-state index in [1.54, 1.807) is 0 Å². The molecule has 0 aromatic rings. The largest absolute Gasteiger partial charge is 0.382 e. The molecule has 0 heterocycles. The average molecular weight is 132 g/mol. The highest BCUT2D eigenvalue weighted by Crippen LogP contribution is 1.90. The maximum Gasteiger partial charge on any atom is 0.0439 e. The van der Waals surface area contributed by atoms with Crippen molar-refractivity contribution in [2.75, 3.05) is 13.2 Å². The van der Waals surface area contributed by atoms with E-state index in [2.05, 4.69) is 13.1 Å². The number of hydrogen-bond donors (Lipinski definition) is 0. The zero-order valence-corrected chi connectivity index (χ0v) is 7.26. The van der Waals surface area contributed by atoms with E-state index in [0.717, 1.165) is 13.2 Å². The summed E-state index contributed by atoms with van der Waals surface area (Å²) in [6.07, 6.45) is 0. The molecule has 0 radical (unpaired) electrons. The zero-order chi connectivity index (χ0) is 6.41. The monoisotopic (exact) mass is 132 g/mol. The Morgan fingerprint density at radius 2 is 2.00 bits per heavy atom. The van der Waals surface area contributed by atoms with Crippen LogP contribution in [0.15, 0.2) is 0 Å². The summed E-state index contributed by atoms with van der Waals surface area (Å²) >= 11 is 0. The van der Waals surface area contributed by atoms with Crippen molar-refractivity contribution in [1.82, 2.24) is 0 Å². The van der Waals surface area contributed by atoms with Gasteiger partial charge in [-0.3, -0.25) is 0 Å². The molecule has 0 unspecified atom stereocenters. The van der Waals surface area contributed by atoms with Gasteiger partial charge in [0.15, 0.2) is 0 Å². The van der Waals surface area contributed by atoms with Gasteiger partial charge in [-0.05, 0) is 13.0 Å². The Hall–Kier alpha value is 0.177. The molecule has 50 valence electrons. The third kappa shape index (κ3) is 6.18. The van der Waals surface area contributed by atoms with E-state index in [9.17, 15) is 0 Å². The Labute approximate surface area is 53.7 Å². The summed E-state index contributed by atoms with van der Waals surface area (Å²) in [5.74, 6) is 0. The molecule has 0 aromatic heterocycles. The highest BCUT2D eigenvalue weighted by atomic mass is 28.3. The summed E-state index contributed by atoms with van der Waals surface area (Å²) < 4.78 is 5.18. The SMILES string of the molecule is CCOCC[SiH](C)C. The summed E-state index contributed by atoms with van der Waals surface area (Å²) in [5.41, 5.74) is 0. The third-order valence-electron chi connectivity index (χ3n) is 1.04. The van der Waals surface area contributed by atoms with Gasteiger partial charge in [-0.25, -0.2) is 0 Å². The van der Waals surface area contributed by atoms with Crippen molar-refractivity contribution in [2.24, 2.45) is 0 Å². The topological polar surface area (TPSA) is 9.23 Å². The fourth-order valence-corrected chi connectivity index (χ4v) is 1.10. The molecule has 0 aliphatic carbocycles. The molecule has 0 N–H and O–H groups in total. The molecule has 0 spiro atoms. The molecule has 8 heavy (non-hydrogen) atoms. The molecule has 0 saturated carbocycles. The lowest BCUT2D eigenvalue weighted by atomic mass is 10.8. The highest BCUT2D eigenvalue weighted by Gasteiger charge is 1.92. The zero-order valence-electron chi connectivity index (χ0n) is 6.11. The lowest BCUT2D eigenvalue weighted by Crippen LogP contribution is -2.04. The standard InChI is InChI=1S/C6H16OSi/c1-4-7-5-6-8(2)3/h8H,4-6H2,1-3H3. The Morgan fingerprint density at radius 3 is 2.38 bits per heavy atom. The van der Waals surface area contributed by atoms with E-state index in [1.165, 1.54) is 6.04 Å². The molecular formula is C6H16OSi. The second-order valence-electron chi connectivity index (χ2n) is 2.38. The second kappa shape index (κ2) is 5.32. The fraction of sp³-hybridized carbons (Fsp3) is 1.00. The molecule has 0 aromatic carbocycles.